The third kappa shape index (κ3) is 4.53. The van der Waals surface area contributed by atoms with E-state index in [0.717, 1.165) is 21.7 Å². The molecule has 2 aromatic rings. The first-order valence-corrected chi connectivity index (χ1v) is 7.86. The van der Waals surface area contributed by atoms with Crippen LogP contribution in [-0.4, -0.2) is 19.5 Å². The van der Waals surface area contributed by atoms with Crippen LogP contribution in [0, 0.1) is 19.7 Å². The molecule has 0 aliphatic carbocycles. The van der Waals surface area contributed by atoms with Gasteiger partial charge in [0, 0.05) is 5.69 Å². The Kier molecular flexibility index (Phi) is 5.74. The minimum absolute atomic E-state index is 0.108. The SMILES string of the molecule is Cc1cccc(NC(=O)C[NH+](C)Cc2c(F)cccc2Cl)c1C. The van der Waals surface area contributed by atoms with Crippen molar-refractivity contribution in [1.29, 1.82) is 0 Å². The summed E-state index contributed by atoms with van der Waals surface area (Å²) in [7, 11) is 1.84. The van der Waals surface area contributed by atoms with Gasteiger partial charge in [0.2, 0.25) is 0 Å². The molecule has 0 fully saturated rings. The molecular formula is C18H21ClFN2O+. The van der Waals surface area contributed by atoms with Gasteiger partial charge >= 0.3 is 0 Å². The number of quaternary nitrogens is 1. The van der Waals surface area contributed by atoms with Crippen LogP contribution in [0.4, 0.5) is 10.1 Å². The molecule has 0 heterocycles. The molecule has 0 aliphatic heterocycles. The topological polar surface area (TPSA) is 33.5 Å². The lowest BCUT2D eigenvalue weighted by atomic mass is 10.1. The van der Waals surface area contributed by atoms with Crippen molar-refractivity contribution >= 4 is 23.2 Å². The Labute approximate surface area is 141 Å². The maximum Gasteiger partial charge on any atom is 0.279 e. The van der Waals surface area contributed by atoms with Gasteiger partial charge in [0.15, 0.2) is 6.54 Å². The van der Waals surface area contributed by atoms with Gasteiger partial charge in [0.1, 0.15) is 12.4 Å². The third-order valence-electron chi connectivity index (χ3n) is 3.88. The molecule has 122 valence electrons. The highest BCUT2D eigenvalue weighted by molar-refractivity contribution is 6.31. The second-order valence-electron chi connectivity index (χ2n) is 5.81. The summed E-state index contributed by atoms with van der Waals surface area (Å²) in [4.78, 5) is 13.0. The van der Waals surface area contributed by atoms with E-state index < -0.39 is 0 Å². The van der Waals surface area contributed by atoms with E-state index in [1.807, 2.05) is 39.1 Å². The number of benzene rings is 2. The third-order valence-corrected chi connectivity index (χ3v) is 4.24. The van der Waals surface area contributed by atoms with E-state index in [4.69, 9.17) is 11.6 Å². The van der Waals surface area contributed by atoms with E-state index in [-0.39, 0.29) is 18.3 Å². The van der Waals surface area contributed by atoms with E-state index in [0.29, 0.717) is 17.1 Å². The van der Waals surface area contributed by atoms with Crippen molar-refractivity contribution < 1.29 is 14.1 Å². The van der Waals surface area contributed by atoms with Gasteiger partial charge in [-0.25, -0.2) is 4.39 Å². The first kappa shape index (κ1) is 17.4. The van der Waals surface area contributed by atoms with Gasteiger partial charge in [0.25, 0.3) is 5.91 Å². The van der Waals surface area contributed by atoms with Crippen molar-refractivity contribution in [2.24, 2.45) is 0 Å². The number of nitrogens with one attached hydrogen (secondary N) is 2. The Hall–Kier alpha value is -1.91. The Balaban J connectivity index is 1.99. The van der Waals surface area contributed by atoms with Gasteiger partial charge in [-0.2, -0.15) is 0 Å². The van der Waals surface area contributed by atoms with Crippen LogP contribution in [0.25, 0.3) is 0 Å². The van der Waals surface area contributed by atoms with Crippen molar-refractivity contribution in [1.82, 2.24) is 0 Å². The molecule has 5 heteroatoms. The molecule has 1 amide bonds. The molecule has 2 aromatic carbocycles. The fourth-order valence-corrected chi connectivity index (χ4v) is 2.65. The highest BCUT2D eigenvalue weighted by Gasteiger charge is 2.16. The van der Waals surface area contributed by atoms with Crippen LogP contribution in [0.3, 0.4) is 0 Å². The number of rotatable bonds is 5. The molecule has 1 unspecified atom stereocenters. The molecule has 0 bridgehead atoms. The van der Waals surface area contributed by atoms with Crippen LogP contribution in [0.5, 0.6) is 0 Å². The number of anilines is 1. The number of amides is 1. The van der Waals surface area contributed by atoms with Crippen LogP contribution < -0.4 is 10.2 Å². The van der Waals surface area contributed by atoms with E-state index in [1.165, 1.54) is 6.07 Å². The Morgan fingerprint density at radius 1 is 1.22 bits per heavy atom. The Bertz CT molecular complexity index is 698. The average Bonchev–Trinajstić information content (AvgIpc) is 2.48. The highest BCUT2D eigenvalue weighted by Crippen LogP contribution is 2.18. The summed E-state index contributed by atoms with van der Waals surface area (Å²) in [5.41, 5.74) is 3.43. The first-order chi connectivity index (χ1) is 10.9. The van der Waals surface area contributed by atoms with E-state index >= 15 is 0 Å². The van der Waals surface area contributed by atoms with Crippen molar-refractivity contribution in [2.75, 3.05) is 18.9 Å². The maximum absolute atomic E-state index is 13.8. The molecule has 1 atom stereocenters. The van der Waals surface area contributed by atoms with Gasteiger partial charge in [0.05, 0.1) is 17.6 Å². The van der Waals surface area contributed by atoms with Crippen molar-refractivity contribution in [3.05, 3.63) is 63.9 Å². The predicted octanol–water partition coefficient (Wildman–Crippen LogP) is 2.75. The summed E-state index contributed by atoms with van der Waals surface area (Å²) in [6.45, 7) is 4.56. The minimum Gasteiger partial charge on any atom is -0.326 e. The quantitative estimate of drug-likeness (QED) is 0.865. The van der Waals surface area contributed by atoms with Gasteiger partial charge in [-0.15, -0.1) is 0 Å². The molecule has 0 aromatic heterocycles. The predicted molar refractivity (Wildman–Crippen MR) is 91.4 cm³/mol. The largest absolute Gasteiger partial charge is 0.326 e. The summed E-state index contributed by atoms with van der Waals surface area (Å²) < 4.78 is 13.8. The zero-order chi connectivity index (χ0) is 17.0. The fourth-order valence-electron chi connectivity index (χ4n) is 2.42. The lowest BCUT2D eigenvalue weighted by molar-refractivity contribution is -0.885. The highest BCUT2D eigenvalue weighted by atomic mass is 35.5. The van der Waals surface area contributed by atoms with Crippen LogP contribution in [0.2, 0.25) is 5.02 Å². The van der Waals surface area contributed by atoms with E-state index in [1.54, 1.807) is 12.1 Å². The molecule has 0 aliphatic rings. The fraction of sp³-hybridized carbons (Fsp3) is 0.278. The zero-order valence-corrected chi connectivity index (χ0v) is 14.3. The molecule has 3 nitrogen and oxygen atoms in total. The molecular weight excluding hydrogens is 315 g/mol. The van der Waals surface area contributed by atoms with E-state index in [9.17, 15) is 9.18 Å². The van der Waals surface area contributed by atoms with Crippen molar-refractivity contribution in [3.63, 3.8) is 0 Å². The number of hydrogen-bond donors (Lipinski definition) is 2. The molecule has 0 radical (unpaired) electrons. The Morgan fingerprint density at radius 2 is 1.91 bits per heavy atom. The summed E-state index contributed by atoms with van der Waals surface area (Å²) in [5, 5.41) is 3.30. The van der Waals surface area contributed by atoms with Gasteiger partial charge in [-0.05, 0) is 43.2 Å². The van der Waals surface area contributed by atoms with Gasteiger partial charge in [-0.1, -0.05) is 29.8 Å². The number of aryl methyl sites for hydroxylation is 1. The number of carbonyl (C=O) groups is 1. The van der Waals surface area contributed by atoms with Crippen molar-refractivity contribution in [2.45, 2.75) is 20.4 Å². The summed E-state index contributed by atoms with van der Waals surface area (Å²) in [6.07, 6.45) is 0. The number of halogens is 2. The van der Waals surface area contributed by atoms with Gasteiger partial charge < -0.3 is 10.2 Å². The maximum atomic E-state index is 13.8. The second-order valence-corrected chi connectivity index (χ2v) is 6.21. The van der Waals surface area contributed by atoms with Crippen molar-refractivity contribution in [3.8, 4) is 0 Å². The van der Waals surface area contributed by atoms with E-state index in [2.05, 4.69) is 5.32 Å². The van der Waals surface area contributed by atoms with Gasteiger partial charge in [-0.3, -0.25) is 4.79 Å². The summed E-state index contributed by atoms with van der Waals surface area (Å²) >= 11 is 6.02. The number of hydrogen-bond acceptors (Lipinski definition) is 1. The minimum atomic E-state index is -0.341. The zero-order valence-electron chi connectivity index (χ0n) is 13.5. The lowest BCUT2D eigenvalue weighted by Crippen LogP contribution is -3.08. The van der Waals surface area contributed by atoms with Crippen LogP contribution in [0.1, 0.15) is 16.7 Å². The molecule has 2 N–H and O–H groups in total. The average molecular weight is 336 g/mol. The number of likely N-dealkylation sites (N-methyl/N-ethyl adjacent to an activating group) is 1. The van der Waals surface area contributed by atoms with Crippen LogP contribution in [-0.2, 0) is 11.3 Å². The van der Waals surface area contributed by atoms with Crippen LogP contribution >= 0.6 is 11.6 Å². The first-order valence-electron chi connectivity index (χ1n) is 7.48. The van der Waals surface area contributed by atoms with Crippen LogP contribution in [0.15, 0.2) is 36.4 Å². The summed E-state index contributed by atoms with van der Waals surface area (Å²) in [6, 6.07) is 10.4. The normalized spacial score (nSPS) is 12.0. The molecule has 0 saturated heterocycles. The molecule has 0 spiro atoms. The smallest absolute Gasteiger partial charge is 0.279 e. The number of carbonyl (C=O) groups excluding carboxylic acids is 1. The second kappa shape index (κ2) is 7.57. The lowest BCUT2D eigenvalue weighted by Gasteiger charge is -2.16. The summed E-state index contributed by atoms with van der Waals surface area (Å²) in [5.74, 6) is -0.449. The molecule has 0 saturated carbocycles. The molecule has 23 heavy (non-hydrogen) atoms. The standard InChI is InChI=1S/C18H20ClFN2O/c1-12-6-4-9-17(13(12)2)21-18(23)11-22(3)10-14-15(19)7-5-8-16(14)20/h4-9H,10-11H2,1-3H3,(H,21,23)/p+1. The monoisotopic (exact) mass is 335 g/mol. The molecule has 2 rings (SSSR count). The Morgan fingerprint density at radius 3 is 2.61 bits per heavy atom.